The third kappa shape index (κ3) is 2.55. The zero-order valence-corrected chi connectivity index (χ0v) is 12.5. The van der Waals surface area contributed by atoms with E-state index in [2.05, 4.69) is 36.9 Å². The molecule has 0 unspecified atom stereocenters. The van der Waals surface area contributed by atoms with Crippen LogP contribution in [0.15, 0.2) is 34.1 Å². The minimum Gasteiger partial charge on any atom is -0.350 e. The number of rotatable bonds is 4. The van der Waals surface area contributed by atoms with Gasteiger partial charge in [0.15, 0.2) is 5.69 Å². The van der Waals surface area contributed by atoms with Gasteiger partial charge in [-0.2, -0.15) is 0 Å². The second-order valence-electron chi connectivity index (χ2n) is 4.73. The van der Waals surface area contributed by atoms with Gasteiger partial charge in [-0.15, -0.1) is 5.10 Å². The van der Waals surface area contributed by atoms with Crippen molar-refractivity contribution in [3.05, 3.63) is 45.4 Å². The quantitative estimate of drug-likeness (QED) is 0.933. The number of carbonyl (C=O) groups excluding carboxylic acids is 1. The van der Waals surface area contributed by atoms with E-state index in [1.807, 2.05) is 18.2 Å². The molecule has 0 aliphatic heterocycles. The Bertz CT molecular complexity index is 596. The average Bonchev–Trinajstić information content (AvgIpc) is 3.00. The number of aromatic nitrogens is 2. The van der Waals surface area contributed by atoms with Gasteiger partial charge in [0.25, 0.3) is 5.91 Å². The van der Waals surface area contributed by atoms with Crippen LogP contribution >= 0.6 is 27.5 Å². The lowest BCUT2D eigenvalue weighted by Gasteiger charge is -2.17. The summed E-state index contributed by atoms with van der Waals surface area (Å²) in [5.41, 5.74) is 1.75. The number of amides is 1. The molecule has 1 fully saturated rings. The topological polar surface area (TPSA) is 54.9 Å². The minimum absolute atomic E-state index is 0.0825. The predicted octanol–water partition coefficient (Wildman–Crippen LogP) is 2.76. The molecule has 1 N–H and O–H groups in total. The monoisotopic (exact) mass is 337 g/mol. The summed E-state index contributed by atoms with van der Waals surface area (Å²) in [4.78, 5) is 11.9. The summed E-state index contributed by atoms with van der Waals surface area (Å²) < 4.78 is 4.81. The molecule has 1 amide bonds. The van der Waals surface area contributed by atoms with Crippen LogP contribution < -0.4 is 5.32 Å². The van der Waals surface area contributed by atoms with Crippen molar-refractivity contribution in [2.24, 2.45) is 0 Å². The molecular weight excluding hydrogens is 326 g/mol. The van der Waals surface area contributed by atoms with Gasteiger partial charge < -0.3 is 5.32 Å². The highest BCUT2D eigenvalue weighted by molar-refractivity contribution is 9.10. The van der Waals surface area contributed by atoms with E-state index in [1.165, 1.54) is 17.1 Å². The molecule has 4 nitrogen and oxygen atoms in total. The zero-order valence-electron chi connectivity index (χ0n) is 10.1. The predicted molar refractivity (Wildman–Crippen MR) is 77.3 cm³/mol. The van der Waals surface area contributed by atoms with E-state index in [0.29, 0.717) is 12.2 Å². The highest BCUT2D eigenvalue weighted by Crippen LogP contribution is 2.49. The van der Waals surface area contributed by atoms with Crippen LogP contribution in [0.5, 0.6) is 0 Å². The van der Waals surface area contributed by atoms with Crippen molar-refractivity contribution >= 4 is 33.4 Å². The summed E-state index contributed by atoms with van der Waals surface area (Å²) >= 11 is 4.77. The van der Waals surface area contributed by atoms with Gasteiger partial charge in [-0.05, 0) is 36.0 Å². The van der Waals surface area contributed by atoms with Crippen LogP contribution in [0.1, 0.15) is 28.9 Å². The van der Waals surface area contributed by atoms with E-state index in [9.17, 15) is 4.79 Å². The molecule has 0 saturated heterocycles. The smallest absolute Gasteiger partial charge is 0.272 e. The van der Waals surface area contributed by atoms with Gasteiger partial charge in [0.2, 0.25) is 0 Å². The number of carbonyl (C=O) groups is 1. The fourth-order valence-electron chi connectivity index (χ4n) is 2.19. The Hall–Kier alpha value is -1.27. The molecule has 0 bridgehead atoms. The van der Waals surface area contributed by atoms with Gasteiger partial charge in [-0.25, -0.2) is 0 Å². The number of benzene rings is 1. The molecule has 19 heavy (non-hydrogen) atoms. The van der Waals surface area contributed by atoms with Gasteiger partial charge >= 0.3 is 0 Å². The molecule has 0 atom stereocenters. The molecule has 1 aliphatic carbocycles. The van der Waals surface area contributed by atoms with Crippen molar-refractivity contribution in [1.29, 1.82) is 0 Å². The van der Waals surface area contributed by atoms with E-state index in [0.717, 1.165) is 17.3 Å². The molecule has 6 heteroatoms. The van der Waals surface area contributed by atoms with Crippen LogP contribution in [0, 0.1) is 0 Å². The number of hydrogen-bond donors (Lipinski definition) is 1. The highest BCUT2D eigenvalue weighted by Gasteiger charge is 2.45. The van der Waals surface area contributed by atoms with E-state index < -0.39 is 0 Å². The maximum absolute atomic E-state index is 11.9. The second kappa shape index (κ2) is 5.02. The molecule has 1 aliphatic rings. The first-order chi connectivity index (χ1) is 9.21. The summed E-state index contributed by atoms with van der Waals surface area (Å²) in [5, 5.41) is 8.39. The van der Waals surface area contributed by atoms with Crippen LogP contribution in [-0.4, -0.2) is 22.0 Å². The molecule has 1 heterocycles. The third-order valence-corrected chi connectivity index (χ3v) is 4.67. The molecule has 1 saturated carbocycles. The van der Waals surface area contributed by atoms with Crippen molar-refractivity contribution in [1.82, 2.24) is 14.9 Å². The minimum atomic E-state index is -0.146. The molecule has 2 aromatic rings. The van der Waals surface area contributed by atoms with Crippen molar-refractivity contribution in [3.8, 4) is 0 Å². The van der Waals surface area contributed by atoms with Crippen LogP contribution in [0.4, 0.5) is 0 Å². The van der Waals surface area contributed by atoms with Crippen LogP contribution in [-0.2, 0) is 5.41 Å². The van der Waals surface area contributed by atoms with Crippen molar-refractivity contribution < 1.29 is 4.79 Å². The highest BCUT2D eigenvalue weighted by atomic mass is 79.9. The third-order valence-electron chi connectivity index (χ3n) is 3.48. The first-order valence-electron chi connectivity index (χ1n) is 6.02. The summed E-state index contributed by atoms with van der Waals surface area (Å²) in [5.74, 6) is -0.146. The molecule has 0 spiro atoms. The Labute approximate surface area is 123 Å². The van der Waals surface area contributed by atoms with Gasteiger partial charge in [0, 0.05) is 21.8 Å². The van der Waals surface area contributed by atoms with E-state index in [1.54, 1.807) is 5.38 Å². The zero-order chi connectivity index (χ0) is 13.3. The number of hydrogen-bond acceptors (Lipinski definition) is 4. The van der Waals surface area contributed by atoms with Crippen molar-refractivity contribution in [2.45, 2.75) is 18.3 Å². The lowest BCUT2D eigenvalue weighted by molar-refractivity contribution is 0.0944. The van der Waals surface area contributed by atoms with Gasteiger partial charge in [-0.3, -0.25) is 4.79 Å². The van der Waals surface area contributed by atoms with E-state index >= 15 is 0 Å². The standard InChI is InChI=1S/C13H12BrN3OS/c14-10-4-2-1-3-9(10)13(5-6-13)8-15-12(18)11-7-19-17-16-11/h1-4,7H,5-6,8H2,(H,15,18). The molecular formula is C13H12BrN3OS. The number of halogens is 1. The summed E-state index contributed by atoms with van der Waals surface area (Å²) in [6.07, 6.45) is 2.20. The lowest BCUT2D eigenvalue weighted by Crippen LogP contribution is -2.32. The molecule has 3 rings (SSSR count). The molecule has 98 valence electrons. The normalized spacial score (nSPS) is 16.1. The molecule has 0 radical (unpaired) electrons. The maximum Gasteiger partial charge on any atom is 0.272 e. The Morgan fingerprint density at radius 2 is 2.21 bits per heavy atom. The molecule has 1 aromatic carbocycles. The first-order valence-corrected chi connectivity index (χ1v) is 7.64. The fraction of sp³-hybridized carbons (Fsp3) is 0.308. The van der Waals surface area contributed by atoms with Gasteiger partial charge in [-0.1, -0.05) is 38.6 Å². The molecule has 1 aromatic heterocycles. The van der Waals surface area contributed by atoms with Crippen molar-refractivity contribution in [2.75, 3.05) is 6.54 Å². The first kappa shape index (κ1) is 12.7. The summed E-state index contributed by atoms with van der Waals surface area (Å²) in [6.45, 7) is 0.645. The number of nitrogens with zero attached hydrogens (tertiary/aromatic N) is 2. The maximum atomic E-state index is 11.9. The van der Waals surface area contributed by atoms with Gasteiger partial charge in [0.1, 0.15) is 0 Å². The van der Waals surface area contributed by atoms with E-state index in [4.69, 9.17) is 0 Å². The Balaban J connectivity index is 1.70. The average molecular weight is 338 g/mol. The van der Waals surface area contributed by atoms with E-state index in [-0.39, 0.29) is 11.3 Å². The van der Waals surface area contributed by atoms with Crippen LogP contribution in [0.25, 0.3) is 0 Å². The Kier molecular flexibility index (Phi) is 3.36. The Morgan fingerprint density at radius 1 is 1.42 bits per heavy atom. The van der Waals surface area contributed by atoms with Crippen molar-refractivity contribution in [3.63, 3.8) is 0 Å². The summed E-state index contributed by atoms with van der Waals surface area (Å²) in [7, 11) is 0. The largest absolute Gasteiger partial charge is 0.350 e. The van der Waals surface area contributed by atoms with Gasteiger partial charge in [0.05, 0.1) is 0 Å². The number of nitrogens with one attached hydrogen (secondary N) is 1. The second-order valence-corrected chi connectivity index (χ2v) is 6.20. The van der Waals surface area contributed by atoms with Crippen LogP contribution in [0.2, 0.25) is 0 Å². The SMILES string of the molecule is O=C(NCC1(c2ccccc2Br)CC1)c1csnn1. The summed E-state index contributed by atoms with van der Waals surface area (Å²) in [6, 6.07) is 8.20. The van der Waals surface area contributed by atoms with Crippen LogP contribution in [0.3, 0.4) is 0 Å². The lowest BCUT2D eigenvalue weighted by atomic mass is 9.96. The Morgan fingerprint density at radius 3 is 2.84 bits per heavy atom. The fourth-order valence-corrected chi connectivity index (χ4v) is 3.33.